The van der Waals surface area contributed by atoms with E-state index in [-0.39, 0.29) is 11.8 Å². The molecule has 0 radical (unpaired) electrons. The summed E-state index contributed by atoms with van der Waals surface area (Å²) in [6, 6.07) is -0.525. The van der Waals surface area contributed by atoms with Gasteiger partial charge in [0.2, 0.25) is 11.8 Å². The summed E-state index contributed by atoms with van der Waals surface area (Å²) in [5.74, 6) is -0.00134. The summed E-state index contributed by atoms with van der Waals surface area (Å²) in [5.41, 5.74) is 5.47. The molecule has 0 saturated carbocycles. The summed E-state index contributed by atoms with van der Waals surface area (Å²) in [6.45, 7) is 5.13. The van der Waals surface area contributed by atoms with Gasteiger partial charge in [0.15, 0.2) is 0 Å². The molecule has 0 saturated heterocycles. The van der Waals surface area contributed by atoms with Gasteiger partial charge in [0.1, 0.15) is 6.04 Å². The third-order valence-corrected chi connectivity index (χ3v) is 2.64. The third kappa shape index (κ3) is 8.03. The fourth-order valence-corrected chi connectivity index (χ4v) is 1.30. The molecule has 2 atom stereocenters. The lowest BCUT2D eigenvalue weighted by molar-refractivity contribution is -0.128. The van der Waals surface area contributed by atoms with Crippen LogP contribution < -0.4 is 16.4 Å². The SMILES string of the molecule is COCCNC(=O)C(C)NC(=O)CCC(C)CN. The van der Waals surface area contributed by atoms with Crippen LogP contribution in [-0.4, -0.2) is 44.7 Å². The quantitative estimate of drug-likeness (QED) is 0.492. The fraction of sp³-hybridized carbons (Fsp3) is 0.833. The van der Waals surface area contributed by atoms with E-state index in [1.165, 1.54) is 0 Å². The number of nitrogens with two attached hydrogens (primary N) is 1. The molecular formula is C12H25N3O3. The van der Waals surface area contributed by atoms with Gasteiger partial charge in [-0.25, -0.2) is 0 Å². The van der Waals surface area contributed by atoms with Crippen molar-refractivity contribution in [3.8, 4) is 0 Å². The zero-order valence-electron chi connectivity index (χ0n) is 11.5. The third-order valence-electron chi connectivity index (χ3n) is 2.64. The topological polar surface area (TPSA) is 93.5 Å². The first-order valence-electron chi connectivity index (χ1n) is 6.27. The average molecular weight is 259 g/mol. The molecule has 0 fully saturated rings. The Morgan fingerprint density at radius 1 is 1.33 bits per heavy atom. The number of ether oxygens (including phenoxy) is 1. The lowest BCUT2D eigenvalue weighted by atomic mass is 10.1. The van der Waals surface area contributed by atoms with E-state index in [1.54, 1.807) is 14.0 Å². The van der Waals surface area contributed by atoms with Crippen LogP contribution in [0.15, 0.2) is 0 Å². The van der Waals surface area contributed by atoms with E-state index in [0.29, 0.717) is 32.0 Å². The summed E-state index contributed by atoms with van der Waals surface area (Å²) in [7, 11) is 1.57. The number of carbonyl (C=O) groups excluding carboxylic acids is 2. The molecule has 0 aromatic heterocycles. The summed E-state index contributed by atoms with van der Waals surface area (Å²) in [4.78, 5) is 23.1. The minimum Gasteiger partial charge on any atom is -0.383 e. The van der Waals surface area contributed by atoms with Crippen molar-refractivity contribution >= 4 is 11.8 Å². The summed E-state index contributed by atoms with van der Waals surface area (Å²) in [6.07, 6.45) is 1.13. The molecule has 2 amide bonds. The monoisotopic (exact) mass is 259 g/mol. The fourth-order valence-electron chi connectivity index (χ4n) is 1.30. The van der Waals surface area contributed by atoms with Crippen LogP contribution >= 0.6 is 0 Å². The molecule has 0 bridgehead atoms. The molecule has 18 heavy (non-hydrogen) atoms. The Bertz CT molecular complexity index is 259. The van der Waals surface area contributed by atoms with Crippen LogP contribution in [-0.2, 0) is 14.3 Å². The molecule has 0 aliphatic carbocycles. The van der Waals surface area contributed by atoms with Crippen molar-refractivity contribution in [2.45, 2.75) is 32.7 Å². The number of nitrogens with one attached hydrogen (secondary N) is 2. The van der Waals surface area contributed by atoms with E-state index in [2.05, 4.69) is 10.6 Å². The molecule has 0 aromatic rings. The van der Waals surface area contributed by atoms with Gasteiger partial charge in [0.05, 0.1) is 6.61 Å². The number of hydrogen-bond acceptors (Lipinski definition) is 4. The second kappa shape index (κ2) is 9.85. The molecule has 0 aliphatic rings. The zero-order valence-corrected chi connectivity index (χ0v) is 11.5. The maximum Gasteiger partial charge on any atom is 0.242 e. The molecule has 6 nitrogen and oxygen atoms in total. The van der Waals surface area contributed by atoms with Gasteiger partial charge in [-0.1, -0.05) is 6.92 Å². The van der Waals surface area contributed by atoms with Crippen LogP contribution in [0.1, 0.15) is 26.7 Å². The van der Waals surface area contributed by atoms with Crippen LogP contribution in [0.4, 0.5) is 0 Å². The first-order valence-corrected chi connectivity index (χ1v) is 6.27. The molecule has 0 aliphatic heterocycles. The summed E-state index contributed by atoms with van der Waals surface area (Å²) < 4.78 is 4.82. The van der Waals surface area contributed by atoms with Gasteiger partial charge in [-0.2, -0.15) is 0 Å². The van der Waals surface area contributed by atoms with Gasteiger partial charge in [-0.15, -0.1) is 0 Å². The number of carbonyl (C=O) groups is 2. The second-order valence-corrected chi connectivity index (χ2v) is 4.45. The van der Waals surface area contributed by atoms with Crippen LogP contribution in [0.2, 0.25) is 0 Å². The molecule has 0 rings (SSSR count). The Hall–Kier alpha value is -1.14. The van der Waals surface area contributed by atoms with Gasteiger partial charge < -0.3 is 21.1 Å². The predicted octanol–water partition coefficient (Wildman–Crippen LogP) is -0.371. The van der Waals surface area contributed by atoms with E-state index in [4.69, 9.17) is 10.5 Å². The van der Waals surface area contributed by atoms with Crippen molar-refractivity contribution < 1.29 is 14.3 Å². The average Bonchev–Trinajstić information content (AvgIpc) is 2.35. The van der Waals surface area contributed by atoms with Crippen LogP contribution in [0.25, 0.3) is 0 Å². The van der Waals surface area contributed by atoms with Gasteiger partial charge in [0, 0.05) is 20.1 Å². The number of amides is 2. The van der Waals surface area contributed by atoms with Crippen molar-refractivity contribution in [3.05, 3.63) is 0 Å². The van der Waals surface area contributed by atoms with Crippen molar-refractivity contribution in [1.29, 1.82) is 0 Å². The first kappa shape index (κ1) is 16.9. The highest BCUT2D eigenvalue weighted by Gasteiger charge is 2.15. The van der Waals surface area contributed by atoms with Gasteiger partial charge in [-0.3, -0.25) is 9.59 Å². The molecule has 106 valence electrons. The molecule has 0 spiro atoms. The van der Waals surface area contributed by atoms with E-state index in [9.17, 15) is 9.59 Å². The molecule has 2 unspecified atom stereocenters. The van der Waals surface area contributed by atoms with Crippen LogP contribution in [0.3, 0.4) is 0 Å². The van der Waals surface area contributed by atoms with Crippen LogP contribution in [0, 0.1) is 5.92 Å². The number of hydrogen-bond donors (Lipinski definition) is 3. The highest BCUT2D eigenvalue weighted by molar-refractivity contribution is 5.87. The van der Waals surface area contributed by atoms with Crippen molar-refractivity contribution in [2.24, 2.45) is 11.7 Å². The summed E-state index contributed by atoms with van der Waals surface area (Å²) >= 11 is 0. The normalized spacial score (nSPS) is 13.8. The van der Waals surface area contributed by atoms with E-state index < -0.39 is 6.04 Å². The largest absolute Gasteiger partial charge is 0.383 e. The minimum absolute atomic E-state index is 0.121. The molecule has 0 aromatic carbocycles. The molecule has 4 N–H and O–H groups in total. The van der Waals surface area contributed by atoms with Crippen molar-refractivity contribution in [2.75, 3.05) is 26.8 Å². The van der Waals surface area contributed by atoms with E-state index in [1.807, 2.05) is 6.92 Å². The second-order valence-electron chi connectivity index (χ2n) is 4.45. The Balaban J connectivity index is 3.81. The van der Waals surface area contributed by atoms with Gasteiger partial charge in [0.25, 0.3) is 0 Å². The van der Waals surface area contributed by atoms with Gasteiger partial charge >= 0.3 is 0 Å². The number of methoxy groups -OCH3 is 1. The lowest BCUT2D eigenvalue weighted by Crippen LogP contribution is -2.45. The van der Waals surface area contributed by atoms with Gasteiger partial charge in [-0.05, 0) is 25.8 Å². The highest BCUT2D eigenvalue weighted by atomic mass is 16.5. The Morgan fingerprint density at radius 2 is 2.00 bits per heavy atom. The maximum absolute atomic E-state index is 11.6. The molecule has 0 heterocycles. The predicted molar refractivity (Wildman–Crippen MR) is 69.9 cm³/mol. The van der Waals surface area contributed by atoms with E-state index >= 15 is 0 Å². The molecular weight excluding hydrogens is 234 g/mol. The highest BCUT2D eigenvalue weighted by Crippen LogP contribution is 2.02. The molecule has 6 heteroatoms. The summed E-state index contributed by atoms with van der Waals surface area (Å²) in [5, 5.41) is 5.32. The lowest BCUT2D eigenvalue weighted by Gasteiger charge is -2.14. The Morgan fingerprint density at radius 3 is 2.56 bits per heavy atom. The smallest absolute Gasteiger partial charge is 0.242 e. The Kier molecular flexibility index (Phi) is 9.22. The standard InChI is InChI=1S/C12H25N3O3/c1-9(8-13)4-5-11(16)15-10(2)12(17)14-6-7-18-3/h9-10H,4-8,13H2,1-3H3,(H,14,17)(H,15,16). The van der Waals surface area contributed by atoms with E-state index in [0.717, 1.165) is 6.42 Å². The number of rotatable bonds is 9. The van der Waals surface area contributed by atoms with Crippen LogP contribution in [0.5, 0.6) is 0 Å². The zero-order chi connectivity index (χ0) is 14.0. The maximum atomic E-state index is 11.6. The van der Waals surface area contributed by atoms with Crippen molar-refractivity contribution in [3.63, 3.8) is 0 Å². The Labute approximate surface area is 109 Å². The first-order chi connectivity index (χ1) is 8.51. The minimum atomic E-state index is -0.525. The van der Waals surface area contributed by atoms with Crippen molar-refractivity contribution in [1.82, 2.24) is 10.6 Å².